The van der Waals surface area contributed by atoms with E-state index < -0.39 is 0 Å². The van der Waals surface area contributed by atoms with Gasteiger partial charge in [0.05, 0.1) is 6.61 Å². The molecule has 2 fully saturated rings. The zero-order chi connectivity index (χ0) is 12.8. The van der Waals surface area contributed by atoms with Crippen LogP contribution in [0.25, 0.3) is 0 Å². The SMILES string of the molecule is CCCNC(CO)CCN1CCN(C2CC2)CC1. The van der Waals surface area contributed by atoms with Gasteiger partial charge in [-0.25, -0.2) is 0 Å². The summed E-state index contributed by atoms with van der Waals surface area (Å²) in [4.78, 5) is 5.20. The lowest BCUT2D eigenvalue weighted by Gasteiger charge is -2.35. The molecule has 106 valence electrons. The minimum Gasteiger partial charge on any atom is -0.395 e. The predicted molar refractivity (Wildman–Crippen MR) is 74.8 cm³/mol. The smallest absolute Gasteiger partial charge is 0.0585 e. The van der Waals surface area contributed by atoms with E-state index in [0.717, 1.165) is 32.0 Å². The summed E-state index contributed by atoms with van der Waals surface area (Å²) in [5, 5.41) is 12.7. The molecule has 4 nitrogen and oxygen atoms in total. The van der Waals surface area contributed by atoms with Crippen molar-refractivity contribution in [2.75, 3.05) is 45.9 Å². The Balaban J connectivity index is 1.58. The van der Waals surface area contributed by atoms with Gasteiger partial charge in [0.1, 0.15) is 0 Å². The second kappa shape index (κ2) is 7.43. The van der Waals surface area contributed by atoms with E-state index in [2.05, 4.69) is 22.0 Å². The summed E-state index contributed by atoms with van der Waals surface area (Å²) in [5.41, 5.74) is 0. The fourth-order valence-electron chi connectivity index (χ4n) is 2.74. The zero-order valence-electron chi connectivity index (χ0n) is 11.8. The predicted octanol–water partition coefficient (Wildman–Crippen LogP) is 0.517. The average Bonchev–Trinajstić information content (AvgIpc) is 3.24. The van der Waals surface area contributed by atoms with Gasteiger partial charge in [0.15, 0.2) is 0 Å². The van der Waals surface area contributed by atoms with Crippen LogP contribution in [-0.2, 0) is 0 Å². The van der Waals surface area contributed by atoms with Gasteiger partial charge in [-0.3, -0.25) is 4.90 Å². The molecule has 1 saturated carbocycles. The van der Waals surface area contributed by atoms with Gasteiger partial charge in [-0.15, -0.1) is 0 Å². The monoisotopic (exact) mass is 255 g/mol. The molecule has 1 atom stereocenters. The Morgan fingerprint density at radius 2 is 1.94 bits per heavy atom. The molecule has 0 amide bonds. The maximum absolute atomic E-state index is 9.32. The van der Waals surface area contributed by atoms with E-state index in [1.807, 2.05) is 0 Å². The van der Waals surface area contributed by atoms with Crippen LogP contribution in [0, 0.1) is 0 Å². The molecule has 0 aromatic rings. The Hall–Kier alpha value is -0.160. The van der Waals surface area contributed by atoms with Crippen LogP contribution in [0.2, 0.25) is 0 Å². The highest BCUT2D eigenvalue weighted by Gasteiger charge is 2.31. The minimum atomic E-state index is 0.266. The molecule has 1 aliphatic carbocycles. The second-order valence-corrected chi connectivity index (χ2v) is 5.73. The van der Waals surface area contributed by atoms with Crippen LogP contribution in [0.3, 0.4) is 0 Å². The van der Waals surface area contributed by atoms with Gasteiger partial charge in [0.25, 0.3) is 0 Å². The standard InChI is InChI=1S/C14H29N3O/c1-2-6-15-13(12-18)5-7-16-8-10-17(11-9-16)14-3-4-14/h13-15,18H,2-12H2,1H3. The topological polar surface area (TPSA) is 38.7 Å². The maximum atomic E-state index is 9.32. The molecule has 2 N–H and O–H groups in total. The van der Waals surface area contributed by atoms with E-state index in [0.29, 0.717) is 0 Å². The van der Waals surface area contributed by atoms with E-state index in [4.69, 9.17) is 0 Å². The number of aliphatic hydroxyl groups excluding tert-OH is 1. The first kappa shape index (κ1) is 14.3. The van der Waals surface area contributed by atoms with Crippen LogP contribution in [-0.4, -0.2) is 72.9 Å². The van der Waals surface area contributed by atoms with Crippen LogP contribution in [0.15, 0.2) is 0 Å². The Morgan fingerprint density at radius 3 is 2.50 bits per heavy atom. The first-order valence-corrected chi connectivity index (χ1v) is 7.64. The fourth-order valence-corrected chi connectivity index (χ4v) is 2.74. The number of rotatable bonds is 8. The van der Waals surface area contributed by atoms with Crippen LogP contribution in [0.5, 0.6) is 0 Å². The molecule has 2 aliphatic rings. The van der Waals surface area contributed by atoms with Crippen LogP contribution < -0.4 is 5.32 Å². The molecule has 0 radical (unpaired) electrons. The second-order valence-electron chi connectivity index (χ2n) is 5.73. The van der Waals surface area contributed by atoms with Gasteiger partial charge in [-0.2, -0.15) is 0 Å². The summed E-state index contributed by atoms with van der Waals surface area (Å²) in [6.45, 7) is 9.49. The van der Waals surface area contributed by atoms with Crippen molar-refractivity contribution in [3.05, 3.63) is 0 Å². The number of piperazine rings is 1. The van der Waals surface area contributed by atoms with E-state index in [9.17, 15) is 5.11 Å². The number of aliphatic hydroxyl groups is 1. The number of nitrogens with zero attached hydrogens (tertiary/aromatic N) is 2. The zero-order valence-corrected chi connectivity index (χ0v) is 11.8. The summed E-state index contributed by atoms with van der Waals surface area (Å²) >= 11 is 0. The lowest BCUT2D eigenvalue weighted by Crippen LogP contribution is -2.48. The number of nitrogens with one attached hydrogen (secondary N) is 1. The highest BCUT2D eigenvalue weighted by Crippen LogP contribution is 2.27. The lowest BCUT2D eigenvalue weighted by atomic mass is 10.2. The molecule has 1 heterocycles. The highest BCUT2D eigenvalue weighted by atomic mass is 16.3. The summed E-state index contributed by atoms with van der Waals surface area (Å²) in [6.07, 6.45) is 5.05. The summed E-state index contributed by atoms with van der Waals surface area (Å²) in [6, 6.07) is 1.20. The fraction of sp³-hybridized carbons (Fsp3) is 1.00. The normalized spacial score (nSPS) is 24.3. The molecular weight excluding hydrogens is 226 g/mol. The molecular formula is C14H29N3O. The summed E-state index contributed by atoms with van der Waals surface area (Å²) in [5.74, 6) is 0. The maximum Gasteiger partial charge on any atom is 0.0585 e. The Labute approximate surface area is 111 Å². The molecule has 0 spiro atoms. The van der Waals surface area contributed by atoms with Crippen molar-refractivity contribution in [1.82, 2.24) is 15.1 Å². The van der Waals surface area contributed by atoms with E-state index >= 15 is 0 Å². The Kier molecular flexibility index (Phi) is 5.89. The van der Waals surface area contributed by atoms with Crippen molar-refractivity contribution >= 4 is 0 Å². The van der Waals surface area contributed by atoms with Gasteiger partial charge in [0.2, 0.25) is 0 Å². The first-order chi connectivity index (χ1) is 8.83. The lowest BCUT2D eigenvalue weighted by molar-refractivity contribution is 0.118. The largest absolute Gasteiger partial charge is 0.395 e. The van der Waals surface area contributed by atoms with Gasteiger partial charge >= 0.3 is 0 Å². The van der Waals surface area contributed by atoms with Crippen LogP contribution in [0.1, 0.15) is 32.6 Å². The van der Waals surface area contributed by atoms with Crippen molar-refractivity contribution in [2.24, 2.45) is 0 Å². The van der Waals surface area contributed by atoms with Crippen LogP contribution >= 0.6 is 0 Å². The Bertz CT molecular complexity index is 225. The third-order valence-electron chi connectivity index (χ3n) is 4.17. The highest BCUT2D eigenvalue weighted by molar-refractivity contribution is 4.87. The van der Waals surface area contributed by atoms with Gasteiger partial charge in [-0.1, -0.05) is 6.92 Å². The average molecular weight is 255 g/mol. The van der Waals surface area contributed by atoms with E-state index in [1.165, 1.54) is 39.0 Å². The molecule has 4 heteroatoms. The Morgan fingerprint density at radius 1 is 1.22 bits per heavy atom. The van der Waals surface area contributed by atoms with E-state index in [-0.39, 0.29) is 12.6 Å². The molecule has 0 aromatic carbocycles. The number of hydrogen-bond acceptors (Lipinski definition) is 4. The third-order valence-corrected chi connectivity index (χ3v) is 4.17. The van der Waals surface area contributed by atoms with Crippen molar-refractivity contribution < 1.29 is 5.11 Å². The third kappa shape index (κ3) is 4.50. The molecule has 18 heavy (non-hydrogen) atoms. The van der Waals surface area contributed by atoms with E-state index in [1.54, 1.807) is 0 Å². The molecule has 1 saturated heterocycles. The molecule has 2 rings (SSSR count). The first-order valence-electron chi connectivity index (χ1n) is 7.64. The van der Waals surface area contributed by atoms with Crippen molar-refractivity contribution in [3.8, 4) is 0 Å². The summed E-state index contributed by atoms with van der Waals surface area (Å²) in [7, 11) is 0. The van der Waals surface area contributed by atoms with Gasteiger partial charge in [-0.05, 0) is 38.8 Å². The minimum absolute atomic E-state index is 0.266. The van der Waals surface area contributed by atoms with Crippen molar-refractivity contribution in [2.45, 2.75) is 44.7 Å². The van der Waals surface area contributed by atoms with Gasteiger partial charge < -0.3 is 15.3 Å². The number of hydrogen-bond donors (Lipinski definition) is 2. The quantitative estimate of drug-likeness (QED) is 0.663. The van der Waals surface area contributed by atoms with Gasteiger partial charge in [0, 0.05) is 38.3 Å². The van der Waals surface area contributed by atoms with Crippen molar-refractivity contribution in [3.63, 3.8) is 0 Å². The molecule has 0 aromatic heterocycles. The van der Waals surface area contributed by atoms with Crippen molar-refractivity contribution in [1.29, 1.82) is 0 Å². The molecule has 1 unspecified atom stereocenters. The molecule has 0 bridgehead atoms. The van der Waals surface area contributed by atoms with Crippen LogP contribution in [0.4, 0.5) is 0 Å². The summed E-state index contributed by atoms with van der Waals surface area (Å²) < 4.78 is 0. The molecule has 1 aliphatic heterocycles.